The van der Waals surface area contributed by atoms with Gasteiger partial charge in [0.2, 0.25) is 0 Å². The molecule has 0 radical (unpaired) electrons. The molecular weight excluding hydrogens is 350 g/mol. The Labute approximate surface area is 137 Å². The molecule has 1 nitrogen and oxygen atoms in total. The van der Waals surface area contributed by atoms with E-state index in [1.807, 2.05) is 23.1 Å². The Bertz CT molecular complexity index is 596. The molecule has 0 bridgehead atoms. The largest absolute Gasteiger partial charge is 0.303 e. The topological polar surface area (TPSA) is 12.0 Å². The van der Waals surface area contributed by atoms with Gasteiger partial charge in [-0.2, -0.15) is 0 Å². The minimum atomic E-state index is 0.362. The third kappa shape index (κ3) is 3.14. The molecule has 1 N–H and O–H groups in total. The quantitative estimate of drug-likeness (QED) is 0.736. The molecule has 3 atom stereocenters. The number of hydrogen-bond acceptors (Lipinski definition) is 3. The van der Waals surface area contributed by atoms with Crippen molar-refractivity contribution < 1.29 is 0 Å². The lowest BCUT2D eigenvalue weighted by Crippen LogP contribution is -2.28. The maximum Gasteiger partial charge on any atom is 0.0649 e. The Morgan fingerprint density at radius 1 is 1.35 bits per heavy atom. The highest BCUT2D eigenvalue weighted by Gasteiger charge is 2.27. The van der Waals surface area contributed by atoms with Crippen molar-refractivity contribution in [3.63, 3.8) is 0 Å². The summed E-state index contributed by atoms with van der Waals surface area (Å²) >= 11 is 7.45. The van der Waals surface area contributed by atoms with Crippen LogP contribution in [0.25, 0.3) is 0 Å². The number of fused-ring (bicyclic) bond motifs is 1. The van der Waals surface area contributed by atoms with Crippen LogP contribution in [0.15, 0.2) is 44.4 Å². The molecule has 0 amide bonds. The summed E-state index contributed by atoms with van der Waals surface area (Å²) in [4.78, 5) is 0. The third-order valence-corrected chi connectivity index (χ3v) is 6.55. The highest BCUT2D eigenvalue weighted by atomic mass is 79.9. The zero-order chi connectivity index (χ0) is 14.1. The molecule has 0 saturated carbocycles. The maximum atomic E-state index is 3.81. The Balaban J connectivity index is 1.78. The van der Waals surface area contributed by atoms with Gasteiger partial charge in [-0.1, -0.05) is 35.0 Å². The average Bonchev–Trinajstić information content (AvgIpc) is 2.86. The van der Waals surface area contributed by atoms with Gasteiger partial charge in [-0.25, -0.2) is 0 Å². The van der Waals surface area contributed by atoms with Gasteiger partial charge in [-0.05, 0) is 48.1 Å². The second-order valence-electron chi connectivity index (χ2n) is 5.32. The number of halogens is 1. The maximum absolute atomic E-state index is 3.81. The standard InChI is InChI=1S/C16H18BrNS2/c1-10-8-15(14-6-7-19-16(14)20-10)18-11(2)12-4-3-5-13(17)9-12/h3-7,9-11,15,18H,8H2,1-2H3/t10-,11+,15?/m0/s1. The molecule has 20 heavy (non-hydrogen) atoms. The van der Waals surface area contributed by atoms with Gasteiger partial charge in [0, 0.05) is 21.8 Å². The van der Waals surface area contributed by atoms with Crippen LogP contribution < -0.4 is 5.32 Å². The minimum Gasteiger partial charge on any atom is -0.303 e. The fourth-order valence-corrected chi connectivity index (χ4v) is 5.66. The van der Waals surface area contributed by atoms with Crippen LogP contribution in [0.2, 0.25) is 0 Å². The highest BCUT2D eigenvalue weighted by Crippen LogP contribution is 2.44. The number of hydrogen-bond donors (Lipinski definition) is 1. The van der Waals surface area contributed by atoms with E-state index in [1.54, 1.807) is 0 Å². The number of thiophene rings is 1. The molecule has 0 spiro atoms. The van der Waals surface area contributed by atoms with Crippen LogP contribution in [0.5, 0.6) is 0 Å². The summed E-state index contributed by atoms with van der Waals surface area (Å²) in [6.45, 7) is 4.58. The van der Waals surface area contributed by atoms with Gasteiger partial charge < -0.3 is 5.32 Å². The molecule has 106 valence electrons. The third-order valence-electron chi connectivity index (χ3n) is 3.71. The second kappa shape index (κ2) is 6.22. The van der Waals surface area contributed by atoms with Crippen molar-refractivity contribution in [1.82, 2.24) is 5.32 Å². The van der Waals surface area contributed by atoms with E-state index < -0.39 is 0 Å². The van der Waals surface area contributed by atoms with Gasteiger partial charge in [-0.3, -0.25) is 0 Å². The molecule has 1 unspecified atom stereocenters. The van der Waals surface area contributed by atoms with Gasteiger partial charge in [-0.15, -0.1) is 23.1 Å². The molecular formula is C16H18BrNS2. The predicted octanol–water partition coefficient (Wildman–Crippen LogP) is 5.79. The van der Waals surface area contributed by atoms with E-state index in [0.717, 1.165) is 4.47 Å². The van der Waals surface area contributed by atoms with Gasteiger partial charge >= 0.3 is 0 Å². The summed E-state index contributed by atoms with van der Waals surface area (Å²) < 4.78 is 2.63. The van der Waals surface area contributed by atoms with Crippen molar-refractivity contribution in [3.05, 3.63) is 51.3 Å². The molecule has 1 aromatic carbocycles. The average molecular weight is 368 g/mol. The van der Waals surface area contributed by atoms with E-state index >= 15 is 0 Å². The molecule has 0 fully saturated rings. The van der Waals surface area contributed by atoms with Gasteiger partial charge in [0.25, 0.3) is 0 Å². The minimum absolute atomic E-state index is 0.362. The molecule has 1 aromatic heterocycles. The van der Waals surface area contributed by atoms with E-state index in [2.05, 4.69) is 70.8 Å². The van der Waals surface area contributed by atoms with Crippen molar-refractivity contribution >= 4 is 39.0 Å². The van der Waals surface area contributed by atoms with Crippen molar-refractivity contribution in [3.8, 4) is 0 Å². The SMILES string of the molecule is C[C@H]1CC(N[C@H](C)c2cccc(Br)c2)c2ccsc2S1. The molecule has 0 saturated heterocycles. The summed E-state index contributed by atoms with van der Waals surface area (Å²) in [6.07, 6.45) is 1.20. The zero-order valence-corrected chi connectivity index (χ0v) is 14.8. The van der Waals surface area contributed by atoms with Crippen molar-refractivity contribution in [2.24, 2.45) is 0 Å². The zero-order valence-electron chi connectivity index (χ0n) is 11.6. The summed E-state index contributed by atoms with van der Waals surface area (Å²) in [5.41, 5.74) is 2.82. The predicted molar refractivity (Wildman–Crippen MR) is 92.7 cm³/mol. The first kappa shape index (κ1) is 14.6. The lowest BCUT2D eigenvalue weighted by molar-refractivity contribution is 0.435. The molecule has 1 aliphatic rings. The first-order chi connectivity index (χ1) is 9.63. The molecule has 2 heterocycles. The van der Waals surface area contributed by atoms with Gasteiger partial charge in [0.15, 0.2) is 0 Å². The van der Waals surface area contributed by atoms with E-state index in [0.29, 0.717) is 17.3 Å². The molecule has 2 aromatic rings. The smallest absolute Gasteiger partial charge is 0.0649 e. The van der Waals surface area contributed by atoms with Gasteiger partial charge in [0.05, 0.1) is 4.21 Å². The second-order valence-corrected chi connectivity index (χ2v) is 8.86. The summed E-state index contributed by atoms with van der Waals surface area (Å²) in [7, 11) is 0. The Hall–Kier alpha value is -0.290. The summed E-state index contributed by atoms with van der Waals surface area (Å²) in [5, 5.41) is 6.71. The lowest BCUT2D eigenvalue weighted by atomic mass is 10.0. The number of thioether (sulfide) groups is 1. The molecule has 3 rings (SSSR count). The first-order valence-corrected chi connectivity index (χ1v) is 9.44. The van der Waals surface area contributed by atoms with Crippen LogP contribution in [0, 0.1) is 0 Å². The van der Waals surface area contributed by atoms with E-state index in [-0.39, 0.29) is 0 Å². The fourth-order valence-electron chi connectivity index (χ4n) is 2.68. The highest BCUT2D eigenvalue weighted by molar-refractivity contribution is 9.10. The van der Waals surface area contributed by atoms with Crippen LogP contribution in [0.4, 0.5) is 0 Å². The van der Waals surface area contributed by atoms with Crippen LogP contribution in [-0.2, 0) is 0 Å². The Kier molecular flexibility index (Phi) is 4.55. The van der Waals surface area contributed by atoms with E-state index in [4.69, 9.17) is 0 Å². The van der Waals surface area contributed by atoms with Crippen LogP contribution in [-0.4, -0.2) is 5.25 Å². The number of rotatable bonds is 3. The summed E-state index contributed by atoms with van der Waals surface area (Å²) in [5.74, 6) is 0. The van der Waals surface area contributed by atoms with Crippen LogP contribution >= 0.6 is 39.0 Å². The van der Waals surface area contributed by atoms with Gasteiger partial charge in [0.1, 0.15) is 0 Å². The van der Waals surface area contributed by atoms with Crippen molar-refractivity contribution in [1.29, 1.82) is 0 Å². The monoisotopic (exact) mass is 367 g/mol. The van der Waals surface area contributed by atoms with E-state index in [1.165, 1.54) is 21.8 Å². The number of nitrogens with one attached hydrogen (secondary N) is 1. The number of benzene rings is 1. The first-order valence-electron chi connectivity index (χ1n) is 6.89. The Morgan fingerprint density at radius 2 is 2.20 bits per heavy atom. The van der Waals surface area contributed by atoms with Crippen LogP contribution in [0.1, 0.15) is 43.5 Å². The Morgan fingerprint density at radius 3 is 3.00 bits per heavy atom. The van der Waals surface area contributed by atoms with Crippen LogP contribution in [0.3, 0.4) is 0 Å². The summed E-state index contributed by atoms with van der Waals surface area (Å²) in [6, 6.07) is 11.7. The van der Waals surface area contributed by atoms with Crippen molar-refractivity contribution in [2.45, 2.75) is 41.8 Å². The lowest BCUT2D eigenvalue weighted by Gasteiger charge is -2.30. The molecule has 0 aliphatic carbocycles. The molecule has 1 aliphatic heterocycles. The van der Waals surface area contributed by atoms with E-state index in [9.17, 15) is 0 Å². The van der Waals surface area contributed by atoms with Crippen molar-refractivity contribution in [2.75, 3.05) is 0 Å². The normalized spacial score (nSPS) is 23.4. The fraction of sp³-hybridized carbons (Fsp3) is 0.375. The molecule has 4 heteroatoms.